The van der Waals surface area contributed by atoms with Gasteiger partial charge in [0.05, 0.1) is 6.10 Å². The Morgan fingerprint density at radius 3 is 2.50 bits per heavy atom. The fourth-order valence-electron chi connectivity index (χ4n) is 3.56. The van der Waals surface area contributed by atoms with Gasteiger partial charge >= 0.3 is 5.97 Å². The van der Waals surface area contributed by atoms with Gasteiger partial charge in [0.1, 0.15) is 0 Å². The van der Waals surface area contributed by atoms with Crippen molar-refractivity contribution in [3.63, 3.8) is 0 Å². The number of carboxylic acids is 1. The van der Waals surface area contributed by atoms with Crippen LogP contribution in [0.15, 0.2) is 24.3 Å². The highest BCUT2D eigenvalue weighted by Crippen LogP contribution is 2.31. The van der Waals surface area contributed by atoms with Crippen LogP contribution in [0.1, 0.15) is 84.0 Å². The molecule has 0 fully saturated rings. The van der Waals surface area contributed by atoms with Gasteiger partial charge in [-0.25, -0.2) is 0 Å². The Labute approximate surface area is 158 Å². The third-order valence-corrected chi connectivity index (χ3v) is 5.18. The minimum absolute atomic E-state index is 0.0775. The Hall–Kier alpha value is -1.42. The van der Waals surface area contributed by atoms with Crippen LogP contribution in [0.5, 0.6) is 0 Å². The molecule has 0 aromatic rings. The zero-order chi connectivity index (χ0) is 19.2. The van der Waals surface area contributed by atoms with Crippen molar-refractivity contribution in [2.75, 3.05) is 0 Å². The summed E-state index contributed by atoms with van der Waals surface area (Å²) in [6.07, 6.45) is 18.4. The van der Waals surface area contributed by atoms with Crippen LogP contribution in [0.25, 0.3) is 0 Å². The number of carbonyl (C=O) groups is 2. The molecule has 0 aromatic carbocycles. The molecule has 0 amide bonds. The lowest BCUT2D eigenvalue weighted by atomic mass is 9.85. The number of hydrogen-bond donors (Lipinski definition) is 2. The average molecular weight is 365 g/mol. The highest BCUT2D eigenvalue weighted by Gasteiger charge is 2.33. The largest absolute Gasteiger partial charge is 0.481 e. The minimum atomic E-state index is -0.776. The van der Waals surface area contributed by atoms with Gasteiger partial charge in [-0.05, 0) is 31.8 Å². The summed E-state index contributed by atoms with van der Waals surface area (Å²) >= 11 is 0. The highest BCUT2D eigenvalue weighted by atomic mass is 16.4. The van der Waals surface area contributed by atoms with Crippen molar-refractivity contribution < 1.29 is 19.8 Å². The third kappa shape index (κ3) is 9.33. The van der Waals surface area contributed by atoms with Gasteiger partial charge in [-0.1, -0.05) is 70.1 Å². The third-order valence-electron chi connectivity index (χ3n) is 5.18. The first kappa shape index (κ1) is 22.6. The van der Waals surface area contributed by atoms with Gasteiger partial charge in [0.2, 0.25) is 0 Å². The molecular formula is C22H36O4. The van der Waals surface area contributed by atoms with Gasteiger partial charge in [-0.15, -0.1) is 0 Å². The fourth-order valence-corrected chi connectivity index (χ4v) is 3.56. The van der Waals surface area contributed by atoms with Crippen molar-refractivity contribution in [3.8, 4) is 0 Å². The number of hydrogen-bond acceptors (Lipinski definition) is 3. The standard InChI is InChI=1S/C22H36O4/c1-2-3-4-5-6-7-11-14-20(23)19-16-17-21(24)18(19)13-10-8-9-12-15-22(25)26/h8,10,16-20,23H,2-7,9,11-15H2,1H3,(H,25,26)/t18-,19+,20?/m1/s1. The average Bonchev–Trinajstić information content (AvgIpc) is 2.97. The van der Waals surface area contributed by atoms with Crippen LogP contribution in [-0.2, 0) is 9.59 Å². The van der Waals surface area contributed by atoms with Gasteiger partial charge in [0, 0.05) is 18.3 Å². The Balaban J connectivity index is 2.25. The molecule has 0 bridgehead atoms. The van der Waals surface area contributed by atoms with Crippen molar-refractivity contribution in [2.45, 2.75) is 90.1 Å². The monoisotopic (exact) mass is 364 g/mol. The number of carboxylic acid groups (broad SMARTS) is 1. The van der Waals surface area contributed by atoms with E-state index in [1.54, 1.807) is 6.08 Å². The number of unbranched alkanes of at least 4 members (excludes halogenated alkanes) is 7. The van der Waals surface area contributed by atoms with Crippen LogP contribution < -0.4 is 0 Å². The smallest absolute Gasteiger partial charge is 0.303 e. The summed E-state index contributed by atoms with van der Waals surface area (Å²) in [5, 5.41) is 19.1. The van der Waals surface area contributed by atoms with E-state index in [-0.39, 0.29) is 24.0 Å². The Bertz CT molecular complexity index is 467. The maximum atomic E-state index is 12.1. The van der Waals surface area contributed by atoms with E-state index < -0.39 is 12.1 Å². The molecule has 0 radical (unpaired) electrons. The normalized spacial score (nSPS) is 20.9. The molecule has 0 aliphatic heterocycles. The molecule has 0 saturated carbocycles. The second-order valence-electron chi connectivity index (χ2n) is 7.42. The zero-order valence-electron chi connectivity index (χ0n) is 16.2. The lowest BCUT2D eigenvalue weighted by molar-refractivity contribution is -0.137. The van der Waals surface area contributed by atoms with Crippen molar-refractivity contribution in [3.05, 3.63) is 24.3 Å². The fraction of sp³-hybridized carbons (Fsp3) is 0.727. The molecule has 2 N–H and O–H groups in total. The number of allylic oxidation sites excluding steroid dienone is 3. The van der Waals surface area contributed by atoms with Crippen LogP contribution in [0.2, 0.25) is 0 Å². The first-order valence-electron chi connectivity index (χ1n) is 10.3. The number of carbonyl (C=O) groups excluding carboxylic acids is 1. The molecule has 0 aromatic heterocycles. The van der Waals surface area contributed by atoms with Gasteiger partial charge < -0.3 is 10.2 Å². The first-order valence-corrected chi connectivity index (χ1v) is 10.3. The van der Waals surface area contributed by atoms with E-state index in [0.717, 1.165) is 19.3 Å². The van der Waals surface area contributed by atoms with E-state index in [2.05, 4.69) is 6.92 Å². The zero-order valence-corrected chi connectivity index (χ0v) is 16.2. The molecular weight excluding hydrogens is 328 g/mol. The van der Waals surface area contributed by atoms with E-state index in [9.17, 15) is 14.7 Å². The summed E-state index contributed by atoms with van der Waals surface area (Å²) < 4.78 is 0. The second-order valence-corrected chi connectivity index (χ2v) is 7.42. The Morgan fingerprint density at radius 2 is 1.81 bits per heavy atom. The quantitative estimate of drug-likeness (QED) is 0.314. The number of aliphatic hydroxyl groups is 1. The number of aliphatic carboxylic acids is 1. The van der Waals surface area contributed by atoms with E-state index in [1.807, 2.05) is 18.2 Å². The van der Waals surface area contributed by atoms with Gasteiger partial charge in [-0.2, -0.15) is 0 Å². The molecule has 4 heteroatoms. The second kappa shape index (κ2) is 13.7. The number of rotatable bonds is 15. The minimum Gasteiger partial charge on any atom is -0.481 e. The predicted octanol–water partition coefficient (Wildman–Crippen LogP) is 5.06. The molecule has 1 unspecified atom stereocenters. The van der Waals surface area contributed by atoms with Crippen LogP contribution >= 0.6 is 0 Å². The maximum Gasteiger partial charge on any atom is 0.303 e. The lowest BCUT2D eigenvalue weighted by Crippen LogP contribution is -2.26. The molecule has 0 spiro atoms. The van der Waals surface area contributed by atoms with Gasteiger partial charge in [-0.3, -0.25) is 9.59 Å². The molecule has 0 saturated heterocycles. The predicted molar refractivity (Wildman–Crippen MR) is 105 cm³/mol. The van der Waals surface area contributed by atoms with Gasteiger partial charge in [0.15, 0.2) is 5.78 Å². The van der Waals surface area contributed by atoms with E-state index in [1.165, 1.54) is 32.1 Å². The van der Waals surface area contributed by atoms with Gasteiger partial charge in [0.25, 0.3) is 0 Å². The summed E-state index contributed by atoms with van der Waals surface area (Å²) in [7, 11) is 0. The maximum absolute atomic E-state index is 12.1. The molecule has 26 heavy (non-hydrogen) atoms. The van der Waals surface area contributed by atoms with Crippen LogP contribution in [0, 0.1) is 11.8 Å². The van der Waals surface area contributed by atoms with E-state index >= 15 is 0 Å². The molecule has 1 aliphatic carbocycles. The summed E-state index contributed by atoms with van der Waals surface area (Å²) in [4.78, 5) is 22.5. The van der Waals surface area contributed by atoms with Crippen LogP contribution in [-0.4, -0.2) is 28.1 Å². The molecule has 4 nitrogen and oxygen atoms in total. The van der Waals surface area contributed by atoms with Crippen LogP contribution in [0.3, 0.4) is 0 Å². The molecule has 1 aliphatic rings. The van der Waals surface area contributed by atoms with Crippen molar-refractivity contribution in [2.24, 2.45) is 11.8 Å². The Morgan fingerprint density at radius 1 is 1.12 bits per heavy atom. The summed E-state index contributed by atoms with van der Waals surface area (Å²) in [6.45, 7) is 2.22. The molecule has 148 valence electrons. The summed E-state index contributed by atoms with van der Waals surface area (Å²) in [5.41, 5.74) is 0. The summed E-state index contributed by atoms with van der Waals surface area (Å²) in [6, 6.07) is 0. The first-order chi connectivity index (χ1) is 12.6. The lowest BCUT2D eigenvalue weighted by Gasteiger charge is -2.22. The molecule has 1 rings (SSSR count). The van der Waals surface area contributed by atoms with E-state index in [4.69, 9.17) is 5.11 Å². The van der Waals surface area contributed by atoms with Crippen molar-refractivity contribution >= 4 is 11.8 Å². The van der Waals surface area contributed by atoms with Crippen molar-refractivity contribution in [1.82, 2.24) is 0 Å². The van der Waals surface area contributed by atoms with Crippen molar-refractivity contribution in [1.29, 1.82) is 0 Å². The van der Waals surface area contributed by atoms with E-state index in [0.29, 0.717) is 19.3 Å². The molecule has 0 heterocycles. The summed E-state index contributed by atoms with van der Waals surface area (Å²) in [5.74, 6) is -0.914. The SMILES string of the molecule is CCCCCCCCCC(O)[C@H]1C=CC(=O)[C@@H]1CC=CCCCC(=O)O. The molecule has 3 atom stereocenters. The number of aliphatic hydroxyl groups excluding tert-OH is 1. The number of ketones is 1. The highest BCUT2D eigenvalue weighted by molar-refractivity contribution is 5.94. The topological polar surface area (TPSA) is 74.6 Å². The Kier molecular flexibility index (Phi) is 12.0. The van der Waals surface area contributed by atoms with Crippen LogP contribution in [0.4, 0.5) is 0 Å².